The highest BCUT2D eigenvalue weighted by Crippen LogP contribution is 2.29. The minimum Gasteiger partial charge on any atom is -0.478 e. The first-order valence-electron chi connectivity index (χ1n) is 5.06. The van der Waals surface area contributed by atoms with E-state index >= 15 is 0 Å². The minimum atomic E-state index is -1.04. The molecule has 0 saturated carbocycles. The molecule has 1 aromatic carbocycles. The van der Waals surface area contributed by atoms with E-state index in [0.29, 0.717) is 11.6 Å². The molecular weight excluding hydrogens is 256 g/mol. The van der Waals surface area contributed by atoms with Crippen molar-refractivity contribution >= 4 is 17.6 Å². The van der Waals surface area contributed by atoms with E-state index in [1.165, 1.54) is 18.2 Å². The predicted molar refractivity (Wildman–Crippen MR) is 65.3 cm³/mol. The van der Waals surface area contributed by atoms with Gasteiger partial charge >= 0.3 is 5.97 Å². The number of carboxylic acid groups (broad SMARTS) is 1. The van der Waals surface area contributed by atoms with Crippen LogP contribution in [0.25, 0.3) is 0 Å². The van der Waals surface area contributed by atoms with Gasteiger partial charge in [0.1, 0.15) is 5.75 Å². The number of halogens is 1. The van der Waals surface area contributed by atoms with Crippen molar-refractivity contribution in [1.82, 2.24) is 10.2 Å². The summed E-state index contributed by atoms with van der Waals surface area (Å²) in [6.45, 7) is 1.86. The number of rotatable bonds is 3. The Bertz CT molecular complexity index is 602. The van der Waals surface area contributed by atoms with Crippen LogP contribution in [0.2, 0.25) is 5.02 Å². The molecule has 0 radical (unpaired) electrons. The van der Waals surface area contributed by atoms with E-state index in [4.69, 9.17) is 21.4 Å². The molecule has 0 amide bonds. The van der Waals surface area contributed by atoms with Crippen molar-refractivity contribution in [3.05, 3.63) is 46.6 Å². The van der Waals surface area contributed by atoms with E-state index in [9.17, 15) is 4.79 Å². The highest BCUT2D eigenvalue weighted by molar-refractivity contribution is 6.32. The highest BCUT2D eigenvalue weighted by atomic mass is 35.5. The van der Waals surface area contributed by atoms with Crippen LogP contribution in [-0.2, 0) is 0 Å². The first-order chi connectivity index (χ1) is 8.56. The Balaban J connectivity index is 2.27. The van der Waals surface area contributed by atoms with Crippen molar-refractivity contribution in [2.75, 3.05) is 0 Å². The number of hydrogen-bond acceptors (Lipinski definition) is 4. The second-order valence-electron chi connectivity index (χ2n) is 3.62. The van der Waals surface area contributed by atoms with E-state index in [0.717, 1.165) is 5.56 Å². The van der Waals surface area contributed by atoms with Crippen LogP contribution in [0.3, 0.4) is 0 Å². The minimum absolute atomic E-state index is 0.0997. The number of carboxylic acids is 1. The number of aromatic nitrogens is 2. The third-order valence-corrected chi connectivity index (χ3v) is 2.46. The van der Waals surface area contributed by atoms with Crippen molar-refractivity contribution in [3.63, 3.8) is 0 Å². The molecule has 1 N–H and O–H groups in total. The first-order valence-corrected chi connectivity index (χ1v) is 5.44. The number of nitrogens with zero attached hydrogens (tertiary/aromatic N) is 2. The van der Waals surface area contributed by atoms with Crippen molar-refractivity contribution in [2.45, 2.75) is 6.92 Å². The second kappa shape index (κ2) is 5.01. The zero-order chi connectivity index (χ0) is 13.1. The molecular formula is C12H9ClN2O3. The fraction of sp³-hybridized carbons (Fsp3) is 0.0833. The Kier molecular flexibility index (Phi) is 3.43. The normalized spacial score (nSPS) is 10.1. The zero-order valence-electron chi connectivity index (χ0n) is 9.42. The lowest BCUT2D eigenvalue weighted by Crippen LogP contribution is -1.97. The van der Waals surface area contributed by atoms with Gasteiger partial charge in [0.2, 0.25) is 5.88 Å². The Morgan fingerprint density at radius 1 is 1.39 bits per heavy atom. The summed E-state index contributed by atoms with van der Waals surface area (Å²) in [6.07, 6.45) is 1.60. The Morgan fingerprint density at radius 3 is 2.78 bits per heavy atom. The topological polar surface area (TPSA) is 72.3 Å². The first kappa shape index (κ1) is 12.3. The number of ether oxygens (including phenoxy) is 1. The van der Waals surface area contributed by atoms with Gasteiger partial charge < -0.3 is 9.84 Å². The lowest BCUT2D eigenvalue weighted by Gasteiger charge is -2.06. The van der Waals surface area contributed by atoms with Gasteiger partial charge in [0.05, 0.1) is 16.8 Å². The maximum atomic E-state index is 10.7. The van der Waals surface area contributed by atoms with Crippen LogP contribution in [0.4, 0.5) is 0 Å². The van der Waals surface area contributed by atoms with Crippen molar-refractivity contribution < 1.29 is 14.6 Å². The van der Waals surface area contributed by atoms with Gasteiger partial charge in [-0.15, -0.1) is 5.10 Å². The highest BCUT2D eigenvalue weighted by Gasteiger charge is 2.09. The van der Waals surface area contributed by atoms with Crippen LogP contribution in [0.5, 0.6) is 11.6 Å². The third kappa shape index (κ3) is 2.75. The molecule has 0 aliphatic heterocycles. The molecule has 18 heavy (non-hydrogen) atoms. The molecule has 0 unspecified atom stereocenters. The van der Waals surface area contributed by atoms with Gasteiger partial charge in [0.15, 0.2) is 0 Å². The Hall–Kier alpha value is -2.14. The van der Waals surface area contributed by atoms with E-state index in [1.807, 2.05) is 6.92 Å². The summed E-state index contributed by atoms with van der Waals surface area (Å²) in [5.41, 5.74) is 1.00. The van der Waals surface area contributed by atoms with E-state index in [1.54, 1.807) is 12.3 Å². The smallest absolute Gasteiger partial charge is 0.335 e. The summed E-state index contributed by atoms with van der Waals surface area (Å²) in [4.78, 5) is 10.7. The van der Waals surface area contributed by atoms with Crippen LogP contribution in [-0.4, -0.2) is 21.3 Å². The molecule has 0 aliphatic rings. The molecule has 1 aromatic heterocycles. The monoisotopic (exact) mass is 264 g/mol. The van der Waals surface area contributed by atoms with Gasteiger partial charge in [-0.3, -0.25) is 0 Å². The molecule has 0 fully saturated rings. The summed E-state index contributed by atoms with van der Waals surface area (Å²) in [6, 6.07) is 5.92. The number of benzene rings is 1. The average Bonchev–Trinajstić information content (AvgIpc) is 2.31. The molecule has 0 aliphatic carbocycles. The van der Waals surface area contributed by atoms with Crippen LogP contribution in [0.15, 0.2) is 30.5 Å². The second-order valence-corrected chi connectivity index (χ2v) is 4.03. The molecule has 2 aromatic rings. The number of aryl methyl sites for hydroxylation is 1. The van der Waals surface area contributed by atoms with Gasteiger partial charge in [-0.1, -0.05) is 11.6 Å². The summed E-state index contributed by atoms with van der Waals surface area (Å²) in [7, 11) is 0. The summed E-state index contributed by atoms with van der Waals surface area (Å²) in [5.74, 6) is -0.402. The van der Waals surface area contributed by atoms with Gasteiger partial charge in [0, 0.05) is 6.07 Å². The zero-order valence-corrected chi connectivity index (χ0v) is 10.2. The molecule has 0 saturated heterocycles. The SMILES string of the molecule is Cc1cnnc(Oc2ccc(C(=O)O)cc2Cl)c1. The lowest BCUT2D eigenvalue weighted by molar-refractivity contribution is 0.0697. The van der Waals surface area contributed by atoms with Gasteiger partial charge in [-0.2, -0.15) is 5.10 Å². The van der Waals surface area contributed by atoms with Crippen molar-refractivity contribution in [2.24, 2.45) is 0 Å². The summed E-state index contributed by atoms with van der Waals surface area (Å²) < 4.78 is 5.43. The fourth-order valence-electron chi connectivity index (χ4n) is 1.32. The molecule has 0 spiro atoms. The van der Waals surface area contributed by atoms with Crippen molar-refractivity contribution in [1.29, 1.82) is 0 Å². The maximum absolute atomic E-state index is 10.7. The molecule has 0 bridgehead atoms. The fourth-order valence-corrected chi connectivity index (χ4v) is 1.54. The van der Waals surface area contributed by atoms with Crippen LogP contribution >= 0.6 is 11.6 Å². The van der Waals surface area contributed by atoms with Gasteiger partial charge in [-0.05, 0) is 30.7 Å². The van der Waals surface area contributed by atoms with E-state index in [-0.39, 0.29) is 10.6 Å². The quantitative estimate of drug-likeness (QED) is 0.923. The van der Waals surface area contributed by atoms with Gasteiger partial charge in [-0.25, -0.2) is 4.79 Å². The number of hydrogen-bond donors (Lipinski definition) is 1. The Morgan fingerprint density at radius 2 is 2.17 bits per heavy atom. The van der Waals surface area contributed by atoms with E-state index in [2.05, 4.69) is 10.2 Å². The number of aromatic carboxylic acids is 1. The Labute approximate surface area is 108 Å². The molecule has 6 heteroatoms. The van der Waals surface area contributed by atoms with E-state index < -0.39 is 5.97 Å². The summed E-state index contributed by atoms with van der Waals surface area (Å²) in [5, 5.41) is 16.5. The average molecular weight is 265 g/mol. The molecule has 92 valence electrons. The van der Waals surface area contributed by atoms with Crippen LogP contribution in [0.1, 0.15) is 15.9 Å². The lowest BCUT2D eigenvalue weighted by atomic mass is 10.2. The number of carbonyl (C=O) groups is 1. The molecule has 2 rings (SSSR count). The van der Waals surface area contributed by atoms with Crippen LogP contribution < -0.4 is 4.74 Å². The largest absolute Gasteiger partial charge is 0.478 e. The molecule has 0 atom stereocenters. The molecule has 1 heterocycles. The van der Waals surface area contributed by atoms with Crippen LogP contribution in [0, 0.1) is 6.92 Å². The molecule has 5 nitrogen and oxygen atoms in total. The summed E-state index contributed by atoms with van der Waals surface area (Å²) >= 11 is 5.93. The van der Waals surface area contributed by atoms with Crippen molar-refractivity contribution in [3.8, 4) is 11.6 Å². The predicted octanol–water partition coefficient (Wildman–Crippen LogP) is 2.93. The standard InChI is InChI=1S/C12H9ClN2O3/c1-7-4-11(15-14-6-7)18-10-3-2-8(12(16)17)5-9(10)13/h2-6H,1H3,(H,16,17). The maximum Gasteiger partial charge on any atom is 0.335 e. The van der Waals surface area contributed by atoms with Gasteiger partial charge in [0.25, 0.3) is 0 Å². The third-order valence-electron chi connectivity index (χ3n) is 2.16.